The summed E-state index contributed by atoms with van der Waals surface area (Å²) >= 11 is 0. The van der Waals surface area contributed by atoms with Gasteiger partial charge in [0.15, 0.2) is 0 Å². The molecule has 1 aliphatic heterocycles. The van der Waals surface area contributed by atoms with Gasteiger partial charge in [-0.2, -0.15) is 0 Å². The van der Waals surface area contributed by atoms with E-state index < -0.39 is 0 Å². The van der Waals surface area contributed by atoms with Crippen LogP contribution in [0.3, 0.4) is 0 Å². The van der Waals surface area contributed by atoms with Gasteiger partial charge in [-0.3, -0.25) is 9.88 Å². The molecule has 2 heterocycles. The van der Waals surface area contributed by atoms with Gasteiger partial charge in [0.05, 0.1) is 0 Å². The van der Waals surface area contributed by atoms with Gasteiger partial charge in [-0.05, 0) is 68.1 Å². The van der Waals surface area contributed by atoms with Crippen molar-refractivity contribution in [2.24, 2.45) is 5.92 Å². The van der Waals surface area contributed by atoms with E-state index in [-0.39, 0.29) is 0 Å². The summed E-state index contributed by atoms with van der Waals surface area (Å²) in [7, 11) is 0. The molecule has 0 radical (unpaired) electrons. The van der Waals surface area contributed by atoms with E-state index in [2.05, 4.69) is 52.5 Å². The third kappa shape index (κ3) is 4.88. The van der Waals surface area contributed by atoms with Crippen LogP contribution >= 0.6 is 0 Å². The molecule has 0 spiro atoms. The van der Waals surface area contributed by atoms with Crippen LogP contribution in [-0.4, -0.2) is 29.5 Å². The number of hydrogen-bond acceptors (Lipinski definition) is 3. The van der Waals surface area contributed by atoms with Crippen molar-refractivity contribution < 1.29 is 0 Å². The molecule has 1 saturated heterocycles. The zero-order valence-electron chi connectivity index (χ0n) is 14.0. The van der Waals surface area contributed by atoms with Crippen molar-refractivity contribution in [1.82, 2.24) is 15.2 Å². The Labute approximate surface area is 139 Å². The van der Waals surface area contributed by atoms with Crippen molar-refractivity contribution in [1.29, 1.82) is 0 Å². The van der Waals surface area contributed by atoms with E-state index in [0.29, 0.717) is 0 Å². The lowest BCUT2D eigenvalue weighted by Gasteiger charge is -2.32. The fraction of sp³-hybridized carbons (Fsp3) is 0.450. The van der Waals surface area contributed by atoms with Gasteiger partial charge in [0, 0.05) is 25.5 Å². The Morgan fingerprint density at radius 1 is 1.13 bits per heavy atom. The first-order valence-electron chi connectivity index (χ1n) is 8.68. The summed E-state index contributed by atoms with van der Waals surface area (Å²) in [5.74, 6) is 0.805. The number of pyridine rings is 1. The molecule has 1 N–H and O–H groups in total. The van der Waals surface area contributed by atoms with Crippen molar-refractivity contribution in [3.05, 3.63) is 65.5 Å². The van der Waals surface area contributed by atoms with Crippen LogP contribution in [0.25, 0.3) is 0 Å². The monoisotopic (exact) mass is 309 g/mol. The highest BCUT2D eigenvalue weighted by Crippen LogP contribution is 2.19. The van der Waals surface area contributed by atoms with Crippen LogP contribution in [0.5, 0.6) is 0 Å². The number of rotatable bonds is 6. The van der Waals surface area contributed by atoms with E-state index in [4.69, 9.17) is 0 Å². The molecule has 0 atom stereocenters. The van der Waals surface area contributed by atoms with Crippen LogP contribution in [0.1, 0.15) is 29.5 Å². The molecule has 0 unspecified atom stereocenters. The van der Waals surface area contributed by atoms with Crippen molar-refractivity contribution in [3.8, 4) is 0 Å². The molecule has 3 heteroatoms. The second-order valence-electron chi connectivity index (χ2n) is 6.64. The Bertz CT molecular complexity index is 589. The zero-order chi connectivity index (χ0) is 15.9. The van der Waals surface area contributed by atoms with Crippen molar-refractivity contribution in [2.45, 2.75) is 32.9 Å². The molecule has 0 amide bonds. The standard InChI is InChI=1S/C20H27N3/c1-17-5-2-3-7-20(17)16-23-11-8-18(9-12-23)13-22-15-19-6-4-10-21-14-19/h2-7,10,14,18,22H,8-9,11-13,15-16H2,1H3. The second-order valence-corrected chi connectivity index (χ2v) is 6.64. The molecule has 1 aromatic heterocycles. The SMILES string of the molecule is Cc1ccccc1CN1CCC(CNCc2cccnc2)CC1. The van der Waals surface area contributed by atoms with Crippen LogP contribution in [0.4, 0.5) is 0 Å². The highest BCUT2D eigenvalue weighted by molar-refractivity contribution is 5.25. The summed E-state index contributed by atoms with van der Waals surface area (Å²) in [6.45, 7) is 7.79. The van der Waals surface area contributed by atoms with Crippen LogP contribution < -0.4 is 5.32 Å². The fourth-order valence-corrected chi connectivity index (χ4v) is 3.30. The molecule has 23 heavy (non-hydrogen) atoms. The topological polar surface area (TPSA) is 28.2 Å². The maximum Gasteiger partial charge on any atom is 0.0312 e. The predicted octanol–water partition coefficient (Wildman–Crippen LogP) is 3.39. The summed E-state index contributed by atoms with van der Waals surface area (Å²) in [6.07, 6.45) is 6.36. The molecule has 2 aromatic rings. The normalized spacial score (nSPS) is 16.6. The number of nitrogens with zero attached hydrogens (tertiary/aromatic N) is 2. The molecule has 3 rings (SSSR count). The minimum absolute atomic E-state index is 0.805. The molecule has 1 aromatic carbocycles. The van der Waals surface area contributed by atoms with Gasteiger partial charge in [-0.25, -0.2) is 0 Å². The van der Waals surface area contributed by atoms with E-state index in [1.54, 1.807) is 0 Å². The first-order valence-corrected chi connectivity index (χ1v) is 8.68. The van der Waals surface area contributed by atoms with Gasteiger partial charge in [-0.1, -0.05) is 30.3 Å². The Balaban J connectivity index is 1.38. The van der Waals surface area contributed by atoms with Crippen LogP contribution in [0.15, 0.2) is 48.8 Å². The van der Waals surface area contributed by atoms with E-state index in [1.807, 2.05) is 18.5 Å². The fourth-order valence-electron chi connectivity index (χ4n) is 3.30. The second kappa shape index (κ2) is 8.23. The van der Waals surface area contributed by atoms with E-state index in [9.17, 15) is 0 Å². The highest BCUT2D eigenvalue weighted by Gasteiger charge is 2.19. The van der Waals surface area contributed by atoms with Crippen LogP contribution in [-0.2, 0) is 13.1 Å². The van der Waals surface area contributed by atoms with Crippen LogP contribution in [0, 0.1) is 12.8 Å². The van der Waals surface area contributed by atoms with Gasteiger partial charge in [-0.15, -0.1) is 0 Å². The lowest BCUT2D eigenvalue weighted by atomic mass is 9.96. The number of nitrogens with one attached hydrogen (secondary N) is 1. The Kier molecular flexibility index (Phi) is 5.78. The lowest BCUT2D eigenvalue weighted by Crippen LogP contribution is -2.36. The Hall–Kier alpha value is -1.71. The summed E-state index contributed by atoms with van der Waals surface area (Å²) in [5.41, 5.74) is 4.15. The third-order valence-electron chi connectivity index (χ3n) is 4.85. The molecular weight excluding hydrogens is 282 g/mol. The maximum absolute atomic E-state index is 4.16. The minimum atomic E-state index is 0.805. The number of aryl methyl sites for hydroxylation is 1. The number of aromatic nitrogens is 1. The average Bonchev–Trinajstić information content (AvgIpc) is 2.59. The molecular formula is C20H27N3. The quantitative estimate of drug-likeness (QED) is 0.886. The van der Waals surface area contributed by atoms with Gasteiger partial charge < -0.3 is 5.32 Å². The molecule has 122 valence electrons. The molecule has 3 nitrogen and oxygen atoms in total. The van der Waals surface area contributed by atoms with E-state index in [0.717, 1.165) is 25.6 Å². The Morgan fingerprint density at radius 2 is 1.96 bits per heavy atom. The molecule has 1 fully saturated rings. The van der Waals surface area contributed by atoms with Gasteiger partial charge in [0.25, 0.3) is 0 Å². The van der Waals surface area contributed by atoms with E-state index in [1.165, 1.54) is 42.6 Å². The Morgan fingerprint density at radius 3 is 2.70 bits per heavy atom. The summed E-state index contributed by atoms with van der Waals surface area (Å²) < 4.78 is 0. The first-order chi connectivity index (χ1) is 11.3. The van der Waals surface area contributed by atoms with Crippen molar-refractivity contribution >= 4 is 0 Å². The third-order valence-corrected chi connectivity index (χ3v) is 4.85. The van der Waals surface area contributed by atoms with Crippen molar-refractivity contribution in [3.63, 3.8) is 0 Å². The number of benzene rings is 1. The van der Waals surface area contributed by atoms with Gasteiger partial charge >= 0.3 is 0 Å². The minimum Gasteiger partial charge on any atom is -0.312 e. The maximum atomic E-state index is 4.16. The van der Waals surface area contributed by atoms with Gasteiger partial charge in [0.1, 0.15) is 0 Å². The average molecular weight is 309 g/mol. The largest absolute Gasteiger partial charge is 0.312 e. The first kappa shape index (κ1) is 16.2. The molecule has 0 bridgehead atoms. The highest BCUT2D eigenvalue weighted by atomic mass is 15.1. The smallest absolute Gasteiger partial charge is 0.0312 e. The van der Waals surface area contributed by atoms with Gasteiger partial charge in [0.2, 0.25) is 0 Å². The zero-order valence-corrected chi connectivity index (χ0v) is 14.0. The summed E-state index contributed by atoms with van der Waals surface area (Å²) in [4.78, 5) is 6.76. The molecule has 0 aliphatic carbocycles. The van der Waals surface area contributed by atoms with Crippen molar-refractivity contribution in [2.75, 3.05) is 19.6 Å². The molecule has 1 aliphatic rings. The lowest BCUT2D eigenvalue weighted by molar-refractivity contribution is 0.175. The molecule has 0 saturated carbocycles. The predicted molar refractivity (Wildman–Crippen MR) is 95.1 cm³/mol. The van der Waals surface area contributed by atoms with Crippen LogP contribution in [0.2, 0.25) is 0 Å². The summed E-state index contributed by atoms with van der Waals surface area (Å²) in [6, 6.07) is 12.9. The summed E-state index contributed by atoms with van der Waals surface area (Å²) in [5, 5.41) is 3.59. The number of hydrogen-bond donors (Lipinski definition) is 1. The number of likely N-dealkylation sites (tertiary alicyclic amines) is 1. The number of piperidine rings is 1. The van der Waals surface area contributed by atoms with E-state index >= 15 is 0 Å².